The Balaban J connectivity index is 2.38. The van der Waals surface area contributed by atoms with Crippen molar-refractivity contribution < 1.29 is 18.3 Å². The van der Waals surface area contributed by atoms with Gasteiger partial charge in [-0.2, -0.15) is 5.10 Å². The van der Waals surface area contributed by atoms with Gasteiger partial charge in [0.05, 0.1) is 18.8 Å². The van der Waals surface area contributed by atoms with Crippen LogP contribution in [0.3, 0.4) is 0 Å². The molecule has 0 atom stereocenters. The predicted octanol–water partition coefficient (Wildman–Crippen LogP) is 2.45. The summed E-state index contributed by atoms with van der Waals surface area (Å²) in [4.78, 5) is 0. The number of aryl methyl sites for hydroxylation is 1. The third-order valence-electron chi connectivity index (χ3n) is 2.85. The van der Waals surface area contributed by atoms with Crippen LogP contribution < -0.4 is 0 Å². The molecule has 2 heterocycles. The van der Waals surface area contributed by atoms with Gasteiger partial charge in [0.15, 0.2) is 5.79 Å². The summed E-state index contributed by atoms with van der Waals surface area (Å²) in [5.74, 6) is -1.10. The van der Waals surface area contributed by atoms with Crippen molar-refractivity contribution in [3.05, 3.63) is 17.5 Å². The van der Waals surface area contributed by atoms with Crippen molar-refractivity contribution in [3.63, 3.8) is 0 Å². The average molecular weight is 246 g/mol. The molecule has 1 aromatic rings. The third-order valence-corrected chi connectivity index (χ3v) is 2.85. The van der Waals surface area contributed by atoms with Gasteiger partial charge >= 0.3 is 0 Å². The van der Waals surface area contributed by atoms with Crippen LogP contribution in [0.4, 0.5) is 8.78 Å². The van der Waals surface area contributed by atoms with Gasteiger partial charge in [-0.3, -0.25) is 4.68 Å². The van der Waals surface area contributed by atoms with Crippen LogP contribution in [-0.4, -0.2) is 23.0 Å². The highest BCUT2D eigenvalue weighted by atomic mass is 19.3. The van der Waals surface area contributed by atoms with Gasteiger partial charge in [-0.1, -0.05) is 0 Å². The highest BCUT2D eigenvalue weighted by Crippen LogP contribution is 2.35. The Labute approximate surface area is 98.5 Å². The van der Waals surface area contributed by atoms with E-state index in [1.165, 1.54) is 4.68 Å². The summed E-state index contributed by atoms with van der Waals surface area (Å²) in [7, 11) is 0. The monoisotopic (exact) mass is 246 g/mol. The van der Waals surface area contributed by atoms with E-state index in [2.05, 4.69) is 5.10 Å². The van der Waals surface area contributed by atoms with E-state index >= 15 is 0 Å². The molecule has 0 spiro atoms. The molecule has 0 amide bonds. The van der Waals surface area contributed by atoms with E-state index < -0.39 is 12.2 Å². The first-order valence-electron chi connectivity index (χ1n) is 5.70. The second-order valence-corrected chi connectivity index (χ2v) is 4.08. The van der Waals surface area contributed by atoms with E-state index in [0.717, 1.165) is 6.42 Å². The average Bonchev–Trinajstić information content (AvgIpc) is 2.75. The molecule has 1 fully saturated rings. The second-order valence-electron chi connectivity index (χ2n) is 4.08. The zero-order chi connectivity index (χ0) is 12.5. The second kappa shape index (κ2) is 4.70. The fourth-order valence-electron chi connectivity index (χ4n) is 1.90. The first kappa shape index (κ1) is 12.4. The molecule has 1 aliphatic heterocycles. The van der Waals surface area contributed by atoms with Gasteiger partial charge in [-0.25, -0.2) is 8.78 Å². The van der Waals surface area contributed by atoms with E-state index in [0.29, 0.717) is 25.3 Å². The minimum absolute atomic E-state index is 0.253. The van der Waals surface area contributed by atoms with E-state index in [-0.39, 0.29) is 5.69 Å². The molecule has 6 heteroatoms. The van der Waals surface area contributed by atoms with E-state index in [4.69, 9.17) is 9.47 Å². The number of halogens is 2. The number of aromatic nitrogens is 2. The largest absolute Gasteiger partial charge is 0.346 e. The number of ether oxygens (including phenoxy) is 2. The molecular weight excluding hydrogens is 230 g/mol. The van der Waals surface area contributed by atoms with Crippen LogP contribution in [0.1, 0.15) is 38.0 Å². The number of alkyl halides is 2. The van der Waals surface area contributed by atoms with Gasteiger partial charge in [0.25, 0.3) is 6.43 Å². The predicted molar refractivity (Wildman–Crippen MR) is 56.7 cm³/mol. The minimum atomic E-state index is -2.62. The van der Waals surface area contributed by atoms with Crippen LogP contribution in [-0.2, 0) is 21.8 Å². The summed E-state index contributed by atoms with van der Waals surface area (Å²) in [6.07, 6.45) is -0.266. The Bertz CT molecular complexity index is 387. The standard InChI is InChI=1S/C11H16F2N2O2/c1-3-15-7-8(9(14-15)10(12)13)11(2)16-5-4-6-17-11/h7,10H,3-6H2,1-2H3. The highest BCUT2D eigenvalue weighted by molar-refractivity contribution is 5.23. The lowest BCUT2D eigenvalue weighted by molar-refractivity contribution is -0.265. The molecule has 1 saturated heterocycles. The molecule has 0 N–H and O–H groups in total. The summed E-state index contributed by atoms with van der Waals surface area (Å²) in [6.45, 7) is 5.06. The maximum Gasteiger partial charge on any atom is 0.282 e. The van der Waals surface area contributed by atoms with E-state index in [9.17, 15) is 8.78 Å². The number of hydrogen-bond acceptors (Lipinski definition) is 3. The maximum atomic E-state index is 12.9. The van der Waals surface area contributed by atoms with Crippen LogP contribution in [0.15, 0.2) is 6.20 Å². The number of hydrogen-bond donors (Lipinski definition) is 0. The smallest absolute Gasteiger partial charge is 0.282 e. The Morgan fingerprint density at radius 2 is 2.12 bits per heavy atom. The first-order chi connectivity index (χ1) is 8.07. The molecule has 17 heavy (non-hydrogen) atoms. The normalized spacial score (nSPS) is 19.8. The Hall–Kier alpha value is -1.01. The third kappa shape index (κ3) is 2.32. The van der Waals surface area contributed by atoms with Gasteiger partial charge in [0.2, 0.25) is 0 Å². The van der Waals surface area contributed by atoms with Gasteiger partial charge < -0.3 is 9.47 Å². The zero-order valence-electron chi connectivity index (χ0n) is 9.95. The maximum absolute atomic E-state index is 12.9. The topological polar surface area (TPSA) is 36.3 Å². The molecule has 1 aliphatic rings. The van der Waals surface area contributed by atoms with Crippen molar-refractivity contribution in [1.82, 2.24) is 9.78 Å². The molecular formula is C11H16F2N2O2. The summed E-state index contributed by atoms with van der Waals surface area (Å²) < 4.78 is 38.3. The van der Waals surface area contributed by atoms with Gasteiger partial charge in [0, 0.05) is 12.7 Å². The molecule has 2 rings (SSSR count). The van der Waals surface area contributed by atoms with Crippen LogP contribution in [0.2, 0.25) is 0 Å². The summed E-state index contributed by atoms with van der Waals surface area (Å²) in [6, 6.07) is 0. The number of rotatable bonds is 3. The van der Waals surface area contributed by atoms with E-state index in [1.54, 1.807) is 13.1 Å². The SMILES string of the molecule is CCn1cc(C2(C)OCCCO2)c(C(F)F)n1. The summed E-state index contributed by atoms with van der Waals surface area (Å²) in [5, 5.41) is 3.86. The van der Waals surface area contributed by atoms with Gasteiger partial charge in [-0.05, 0) is 20.3 Å². The molecule has 0 radical (unpaired) electrons. The van der Waals surface area contributed by atoms with Crippen molar-refractivity contribution >= 4 is 0 Å². The fourth-order valence-corrected chi connectivity index (χ4v) is 1.90. The van der Waals surface area contributed by atoms with Crippen molar-refractivity contribution in [1.29, 1.82) is 0 Å². The minimum Gasteiger partial charge on any atom is -0.346 e. The Kier molecular flexibility index (Phi) is 3.44. The molecule has 96 valence electrons. The van der Waals surface area contributed by atoms with Gasteiger partial charge in [-0.15, -0.1) is 0 Å². The molecule has 0 bridgehead atoms. The van der Waals surface area contributed by atoms with Crippen LogP contribution in [0.5, 0.6) is 0 Å². The van der Waals surface area contributed by atoms with Gasteiger partial charge in [0.1, 0.15) is 5.69 Å². The lowest BCUT2D eigenvalue weighted by atomic mass is 10.1. The Morgan fingerprint density at radius 1 is 1.47 bits per heavy atom. The Morgan fingerprint density at radius 3 is 2.65 bits per heavy atom. The molecule has 0 aromatic carbocycles. The van der Waals surface area contributed by atoms with Crippen molar-refractivity contribution in [2.75, 3.05) is 13.2 Å². The molecule has 0 unspecified atom stereocenters. The first-order valence-corrected chi connectivity index (χ1v) is 5.70. The van der Waals surface area contributed by atoms with Crippen molar-refractivity contribution in [2.24, 2.45) is 0 Å². The van der Waals surface area contributed by atoms with Crippen LogP contribution >= 0.6 is 0 Å². The lowest BCUT2D eigenvalue weighted by Crippen LogP contribution is -2.35. The molecule has 1 aromatic heterocycles. The lowest BCUT2D eigenvalue weighted by Gasteiger charge is -2.33. The fraction of sp³-hybridized carbons (Fsp3) is 0.727. The van der Waals surface area contributed by atoms with Crippen LogP contribution in [0, 0.1) is 0 Å². The van der Waals surface area contributed by atoms with Crippen molar-refractivity contribution in [3.8, 4) is 0 Å². The van der Waals surface area contributed by atoms with Crippen LogP contribution in [0.25, 0.3) is 0 Å². The number of nitrogens with zero attached hydrogens (tertiary/aromatic N) is 2. The summed E-state index contributed by atoms with van der Waals surface area (Å²) >= 11 is 0. The highest BCUT2D eigenvalue weighted by Gasteiger charge is 2.37. The summed E-state index contributed by atoms with van der Waals surface area (Å²) in [5.41, 5.74) is 0.0744. The quantitative estimate of drug-likeness (QED) is 0.822. The van der Waals surface area contributed by atoms with E-state index in [1.807, 2.05) is 6.92 Å². The molecule has 0 saturated carbocycles. The molecule has 0 aliphatic carbocycles. The zero-order valence-corrected chi connectivity index (χ0v) is 9.95. The van der Waals surface area contributed by atoms with Crippen molar-refractivity contribution in [2.45, 2.75) is 39.0 Å². The molecule has 4 nitrogen and oxygen atoms in total.